The van der Waals surface area contributed by atoms with Crippen molar-refractivity contribution in [2.45, 2.75) is 19.4 Å². The number of carbonyl (C=O) groups is 1. The summed E-state index contributed by atoms with van der Waals surface area (Å²) in [6, 6.07) is 13.9. The first kappa shape index (κ1) is 19.8. The van der Waals surface area contributed by atoms with Gasteiger partial charge >= 0.3 is 0 Å². The third-order valence-electron chi connectivity index (χ3n) is 4.76. The molecule has 1 N–H and O–H groups in total. The van der Waals surface area contributed by atoms with Crippen LogP contribution < -0.4 is 5.32 Å². The predicted molar refractivity (Wildman–Crippen MR) is 107 cm³/mol. The fraction of sp³-hybridized carbons (Fsp3) is 0.381. The molecule has 0 saturated carbocycles. The maximum atomic E-state index is 13.0. The Morgan fingerprint density at radius 3 is 2.56 bits per heavy atom. The molecule has 1 heterocycles. The normalized spacial score (nSPS) is 16.1. The lowest BCUT2D eigenvalue weighted by Crippen LogP contribution is -2.32. The van der Waals surface area contributed by atoms with E-state index in [4.69, 9.17) is 11.6 Å². The van der Waals surface area contributed by atoms with E-state index in [1.54, 1.807) is 12.1 Å². The third-order valence-corrected chi connectivity index (χ3v) is 5.00. The highest BCUT2D eigenvalue weighted by molar-refractivity contribution is 6.30. The number of anilines is 1. The van der Waals surface area contributed by atoms with Crippen LogP contribution in [0.3, 0.4) is 0 Å². The summed E-state index contributed by atoms with van der Waals surface area (Å²) in [5, 5.41) is 3.51. The Morgan fingerprint density at radius 2 is 1.78 bits per heavy atom. The molecule has 27 heavy (non-hydrogen) atoms. The second kappa shape index (κ2) is 9.83. The van der Waals surface area contributed by atoms with Crippen LogP contribution in [0.4, 0.5) is 10.1 Å². The first-order chi connectivity index (χ1) is 13.1. The van der Waals surface area contributed by atoms with Crippen LogP contribution in [0, 0.1) is 5.82 Å². The second-order valence-electron chi connectivity index (χ2n) is 6.91. The Morgan fingerprint density at radius 1 is 1.04 bits per heavy atom. The Hall–Kier alpha value is -1.95. The molecular formula is C21H25ClFN3O. The molecule has 0 bridgehead atoms. The molecule has 0 aliphatic carbocycles. The van der Waals surface area contributed by atoms with Crippen LogP contribution in [0.15, 0.2) is 48.5 Å². The van der Waals surface area contributed by atoms with Gasteiger partial charge in [-0.25, -0.2) is 4.39 Å². The highest BCUT2D eigenvalue weighted by Gasteiger charge is 2.16. The molecule has 1 amide bonds. The summed E-state index contributed by atoms with van der Waals surface area (Å²) < 4.78 is 13.0. The summed E-state index contributed by atoms with van der Waals surface area (Å²) in [6.45, 7) is 5.48. The van der Waals surface area contributed by atoms with Crippen LogP contribution in [-0.2, 0) is 11.3 Å². The van der Waals surface area contributed by atoms with E-state index in [0.717, 1.165) is 56.9 Å². The quantitative estimate of drug-likeness (QED) is 0.810. The molecule has 1 fully saturated rings. The summed E-state index contributed by atoms with van der Waals surface area (Å²) >= 11 is 5.94. The fourth-order valence-electron chi connectivity index (χ4n) is 3.30. The van der Waals surface area contributed by atoms with Gasteiger partial charge in [0.1, 0.15) is 5.82 Å². The molecule has 1 aliphatic rings. The minimum atomic E-state index is -0.197. The number of rotatable bonds is 6. The lowest BCUT2D eigenvalue weighted by molar-refractivity contribution is -0.116. The van der Waals surface area contributed by atoms with Crippen molar-refractivity contribution in [2.24, 2.45) is 0 Å². The highest BCUT2D eigenvalue weighted by atomic mass is 35.5. The second-order valence-corrected chi connectivity index (χ2v) is 7.34. The zero-order chi connectivity index (χ0) is 19.1. The molecule has 6 heteroatoms. The van der Waals surface area contributed by atoms with E-state index in [1.165, 1.54) is 12.1 Å². The zero-order valence-corrected chi connectivity index (χ0v) is 16.1. The highest BCUT2D eigenvalue weighted by Crippen LogP contribution is 2.15. The molecule has 1 aliphatic heterocycles. The monoisotopic (exact) mass is 389 g/mol. The van der Waals surface area contributed by atoms with Gasteiger partial charge in [0, 0.05) is 43.3 Å². The number of benzene rings is 2. The third kappa shape index (κ3) is 6.61. The smallest absolute Gasteiger partial charge is 0.225 e. The minimum Gasteiger partial charge on any atom is -0.326 e. The van der Waals surface area contributed by atoms with Crippen molar-refractivity contribution in [3.05, 3.63) is 64.9 Å². The Balaban J connectivity index is 1.41. The van der Waals surface area contributed by atoms with E-state index in [9.17, 15) is 9.18 Å². The number of nitrogens with zero attached hydrogens (tertiary/aromatic N) is 2. The van der Waals surface area contributed by atoms with E-state index in [-0.39, 0.29) is 11.7 Å². The molecule has 2 aromatic carbocycles. The summed E-state index contributed by atoms with van der Waals surface area (Å²) in [5.41, 5.74) is 1.86. The average molecular weight is 390 g/mol. The van der Waals surface area contributed by atoms with Crippen molar-refractivity contribution in [3.8, 4) is 0 Å². The summed E-state index contributed by atoms with van der Waals surface area (Å²) in [4.78, 5) is 16.9. The van der Waals surface area contributed by atoms with Crippen molar-refractivity contribution < 1.29 is 9.18 Å². The number of amides is 1. The Bertz CT molecular complexity index is 753. The van der Waals surface area contributed by atoms with E-state index in [0.29, 0.717) is 11.4 Å². The van der Waals surface area contributed by atoms with Crippen molar-refractivity contribution in [3.63, 3.8) is 0 Å². The maximum absolute atomic E-state index is 13.0. The first-order valence-corrected chi connectivity index (χ1v) is 9.71. The minimum absolute atomic E-state index is 0.00434. The Labute approximate surface area is 164 Å². The van der Waals surface area contributed by atoms with E-state index < -0.39 is 0 Å². The van der Waals surface area contributed by atoms with Crippen LogP contribution in [-0.4, -0.2) is 48.4 Å². The summed E-state index contributed by atoms with van der Waals surface area (Å²) in [5.74, 6) is -0.193. The number of nitrogens with one attached hydrogen (secondary N) is 1. The largest absolute Gasteiger partial charge is 0.326 e. The van der Waals surface area contributed by atoms with Crippen molar-refractivity contribution in [1.29, 1.82) is 0 Å². The molecule has 2 aromatic rings. The van der Waals surface area contributed by atoms with E-state index >= 15 is 0 Å². The number of hydrogen-bond donors (Lipinski definition) is 1. The topological polar surface area (TPSA) is 35.6 Å². The molecule has 0 spiro atoms. The molecule has 0 unspecified atom stereocenters. The summed E-state index contributed by atoms with van der Waals surface area (Å²) in [6.07, 6.45) is 1.53. The van der Waals surface area contributed by atoms with Crippen LogP contribution in [0.5, 0.6) is 0 Å². The SMILES string of the molecule is O=C(CCN1CCCN(Cc2ccc(F)cc2)CC1)Nc1cccc(Cl)c1. The van der Waals surface area contributed by atoms with Gasteiger partial charge in [0.15, 0.2) is 0 Å². The molecule has 4 nitrogen and oxygen atoms in total. The molecule has 0 atom stereocenters. The maximum Gasteiger partial charge on any atom is 0.225 e. The zero-order valence-electron chi connectivity index (χ0n) is 15.3. The standard InChI is InChI=1S/C21H25ClFN3O/c22-18-3-1-4-20(15-18)24-21(27)9-12-25-10-2-11-26(14-13-25)16-17-5-7-19(23)8-6-17/h1,3-8,15H,2,9-14,16H2,(H,24,27). The number of halogens is 2. The lowest BCUT2D eigenvalue weighted by atomic mass is 10.2. The van der Waals surface area contributed by atoms with Crippen molar-refractivity contribution >= 4 is 23.2 Å². The number of hydrogen-bond acceptors (Lipinski definition) is 3. The molecule has 144 valence electrons. The van der Waals surface area contributed by atoms with Gasteiger partial charge in [-0.05, 0) is 55.4 Å². The van der Waals surface area contributed by atoms with Crippen LogP contribution >= 0.6 is 11.6 Å². The first-order valence-electron chi connectivity index (χ1n) is 9.33. The van der Waals surface area contributed by atoms with Crippen LogP contribution in [0.25, 0.3) is 0 Å². The van der Waals surface area contributed by atoms with Gasteiger partial charge in [-0.1, -0.05) is 29.8 Å². The van der Waals surface area contributed by atoms with Gasteiger partial charge in [0.25, 0.3) is 0 Å². The molecular weight excluding hydrogens is 365 g/mol. The van der Waals surface area contributed by atoms with Gasteiger partial charge in [-0.3, -0.25) is 9.69 Å². The molecule has 3 rings (SSSR count). The van der Waals surface area contributed by atoms with Crippen LogP contribution in [0.1, 0.15) is 18.4 Å². The molecule has 0 aromatic heterocycles. The number of carbonyl (C=O) groups excluding carboxylic acids is 1. The van der Waals surface area contributed by atoms with Crippen molar-refractivity contribution in [2.75, 3.05) is 38.0 Å². The van der Waals surface area contributed by atoms with Gasteiger partial charge in [-0.2, -0.15) is 0 Å². The predicted octanol–water partition coefficient (Wildman–Crippen LogP) is 4.02. The van der Waals surface area contributed by atoms with Crippen LogP contribution in [0.2, 0.25) is 5.02 Å². The van der Waals surface area contributed by atoms with Gasteiger partial charge in [0.2, 0.25) is 5.91 Å². The van der Waals surface area contributed by atoms with Gasteiger partial charge < -0.3 is 10.2 Å². The average Bonchev–Trinajstić information content (AvgIpc) is 2.87. The Kier molecular flexibility index (Phi) is 7.21. The van der Waals surface area contributed by atoms with Crippen molar-refractivity contribution in [1.82, 2.24) is 9.80 Å². The summed E-state index contributed by atoms with van der Waals surface area (Å²) in [7, 11) is 0. The lowest BCUT2D eigenvalue weighted by Gasteiger charge is -2.21. The van der Waals surface area contributed by atoms with E-state index in [2.05, 4.69) is 15.1 Å². The molecule has 0 radical (unpaired) electrons. The fourth-order valence-corrected chi connectivity index (χ4v) is 3.49. The van der Waals surface area contributed by atoms with E-state index in [1.807, 2.05) is 24.3 Å². The van der Waals surface area contributed by atoms with Gasteiger partial charge in [-0.15, -0.1) is 0 Å². The van der Waals surface area contributed by atoms with Gasteiger partial charge in [0.05, 0.1) is 0 Å². The molecule has 1 saturated heterocycles.